The molecule has 2 aromatic heterocycles. The molecule has 0 radical (unpaired) electrons. The van der Waals surface area contributed by atoms with Crippen molar-refractivity contribution in [3.63, 3.8) is 0 Å². The third kappa shape index (κ3) is 2.59. The van der Waals surface area contributed by atoms with Gasteiger partial charge in [0.15, 0.2) is 11.2 Å². The van der Waals surface area contributed by atoms with E-state index in [0.29, 0.717) is 22.6 Å². The van der Waals surface area contributed by atoms with E-state index >= 15 is 0 Å². The standard InChI is InChI=1S/C14H18N4O4/c1-8(5-6-10(19)20)7-18-13(21)11-12(17(4)14(18)22)15-9(2)16(11)3/h1,5-7H2,2-4H3,(H,19,20). The zero-order valence-corrected chi connectivity index (χ0v) is 12.8. The van der Waals surface area contributed by atoms with E-state index in [9.17, 15) is 14.4 Å². The van der Waals surface area contributed by atoms with E-state index in [4.69, 9.17) is 5.11 Å². The molecule has 118 valence electrons. The minimum Gasteiger partial charge on any atom is -0.481 e. The van der Waals surface area contributed by atoms with Gasteiger partial charge in [0, 0.05) is 20.5 Å². The predicted octanol–water partition coefficient (Wildman–Crippen LogP) is 0.163. The van der Waals surface area contributed by atoms with Crippen LogP contribution in [0.1, 0.15) is 18.7 Å². The highest BCUT2D eigenvalue weighted by Crippen LogP contribution is 2.09. The van der Waals surface area contributed by atoms with Crippen LogP contribution in [0.25, 0.3) is 11.2 Å². The molecule has 0 amide bonds. The van der Waals surface area contributed by atoms with E-state index in [1.165, 1.54) is 4.57 Å². The van der Waals surface area contributed by atoms with Gasteiger partial charge in [-0.2, -0.15) is 0 Å². The van der Waals surface area contributed by atoms with Gasteiger partial charge in [-0.25, -0.2) is 9.78 Å². The highest BCUT2D eigenvalue weighted by atomic mass is 16.4. The molecule has 0 bridgehead atoms. The molecule has 0 aliphatic heterocycles. The average Bonchev–Trinajstić information content (AvgIpc) is 2.75. The number of aryl methyl sites for hydroxylation is 3. The summed E-state index contributed by atoms with van der Waals surface area (Å²) in [6.07, 6.45) is 0.133. The van der Waals surface area contributed by atoms with Gasteiger partial charge in [-0.3, -0.25) is 18.7 Å². The van der Waals surface area contributed by atoms with Crippen molar-refractivity contribution in [3.05, 3.63) is 38.8 Å². The van der Waals surface area contributed by atoms with Gasteiger partial charge >= 0.3 is 11.7 Å². The Bertz CT molecular complexity index is 885. The van der Waals surface area contributed by atoms with E-state index < -0.39 is 17.2 Å². The number of carboxylic acid groups (broad SMARTS) is 1. The fourth-order valence-corrected chi connectivity index (χ4v) is 2.28. The lowest BCUT2D eigenvalue weighted by molar-refractivity contribution is -0.136. The smallest absolute Gasteiger partial charge is 0.332 e. The molecule has 1 N–H and O–H groups in total. The Labute approximate surface area is 125 Å². The lowest BCUT2D eigenvalue weighted by Gasteiger charge is -2.10. The van der Waals surface area contributed by atoms with Gasteiger partial charge in [0.1, 0.15) is 5.82 Å². The van der Waals surface area contributed by atoms with Crippen LogP contribution in [0.15, 0.2) is 21.7 Å². The van der Waals surface area contributed by atoms with Crippen molar-refractivity contribution in [3.8, 4) is 0 Å². The zero-order valence-electron chi connectivity index (χ0n) is 12.8. The number of fused-ring (bicyclic) bond motifs is 1. The maximum absolute atomic E-state index is 12.5. The minimum absolute atomic E-state index is 0.00104. The Morgan fingerprint density at radius 3 is 2.45 bits per heavy atom. The summed E-state index contributed by atoms with van der Waals surface area (Å²) in [5.41, 5.74) is 0.248. The highest BCUT2D eigenvalue weighted by molar-refractivity contribution is 5.70. The van der Waals surface area contributed by atoms with E-state index in [0.717, 1.165) is 4.57 Å². The fourth-order valence-electron chi connectivity index (χ4n) is 2.28. The highest BCUT2D eigenvalue weighted by Gasteiger charge is 2.17. The SMILES string of the molecule is C=C(CCC(=O)O)Cn1c(=O)c2c(nc(C)n2C)n(C)c1=O. The predicted molar refractivity (Wildman–Crippen MR) is 81.0 cm³/mol. The summed E-state index contributed by atoms with van der Waals surface area (Å²) in [5.74, 6) is -0.316. The number of carboxylic acids is 1. The van der Waals surface area contributed by atoms with Crippen molar-refractivity contribution in [1.82, 2.24) is 18.7 Å². The second-order valence-corrected chi connectivity index (χ2v) is 5.27. The van der Waals surface area contributed by atoms with Gasteiger partial charge in [0.2, 0.25) is 0 Å². The van der Waals surface area contributed by atoms with Crippen LogP contribution < -0.4 is 11.2 Å². The van der Waals surface area contributed by atoms with Crippen LogP contribution in [-0.4, -0.2) is 29.8 Å². The number of hydrogen-bond donors (Lipinski definition) is 1. The molecule has 0 saturated heterocycles. The maximum atomic E-state index is 12.5. The van der Waals surface area contributed by atoms with Crippen LogP contribution in [0.4, 0.5) is 0 Å². The molecule has 2 heterocycles. The number of nitrogens with zero attached hydrogens (tertiary/aromatic N) is 4. The first-order valence-corrected chi connectivity index (χ1v) is 6.75. The molecule has 22 heavy (non-hydrogen) atoms. The zero-order chi connectivity index (χ0) is 16.6. The number of hydrogen-bond acceptors (Lipinski definition) is 4. The lowest BCUT2D eigenvalue weighted by atomic mass is 10.1. The van der Waals surface area contributed by atoms with Crippen LogP contribution in [0, 0.1) is 6.92 Å². The summed E-state index contributed by atoms with van der Waals surface area (Å²) in [6.45, 7) is 5.50. The van der Waals surface area contributed by atoms with Gasteiger partial charge < -0.3 is 9.67 Å². The third-order valence-electron chi connectivity index (χ3n) is 3.66. The van der Waals surface area contributed by atoms with Crippen molar-refractivity contribution in [2.75, 3.05) is 0 Å². The average molecular weight is 306 g/mol. The second kappa shape index (κ2) is 5.63. The molecule has 2 rings (SSSR count). The van der Waals surface area contributed by atoms with E-state index in [-0.39, 0.29) is 19.4 Å². The molecule has 0 aromatic carbocycles. The minimum atomic E-state index is -0.945. The molecular weight excluding hydrogens is 288 g/mol. The summed E-state index contributed by atoms with van der Waals surface area (Å²) in [5, 5.41) is 8.68. The summed E-state index contributed by atoms with van der Waals surface area (Å²) in [7, 11) is 3.26. The normalized spacial score (nSPS) is 11.0. The molecule has 0 unspecified atom stereocenters. The molecule has 0 atom stereocenters. The van der Waals surface area contributed by atoms with Gasteiger partial charge in [0.25, 0.3) is 5.56 Å². The first-order chi connectivity index (χ1) is 10.2. The quantitative estimate of drug-likeness (QED) is 0.793. The number of imidazole rings is 1. The first-order valence-electron chi connectivity index (χ1n) is 6.75. The fraction of sp³-hybridized carbons (Fsp3) is 0.429. The topological polar surface area (TPSA) is 99.1 Å². The van der Waals surface area contributed by atoms with Crippen LogP contribution in [-0.2, 0) is 25.4 Å². The monoisotopic (exact) mass is 306 g/mol. The number of aliphatic carboxylic acids is 1. The van der Waals surface area contributed by atoms with E-state index in [1.807, 2.05) is 0 Å². The Balaban J connectivity index is 2.53. The summed E-state index contributed by atoms with van der Waals surface area (Å²) >= 11 is 0. The molecule has 0 spiro atoms. The second-order valence-electron chi connectivity index (χ2n) is 5.27. The third-order valence-corrected chi connectivity index (χ3v) is 3.66. The van der Waals surface area contributed by atoms with Gasteiger partial charge in [-0.1, -0.05) is 12.2 Å². The van der Waals surface area contributed by atoms with Gasteiger partial charge in [-0.05, 0) is 13.3 Å². The van der Waals surface area contributed by atoms with E-state index in [2.05, 4.69) is 11.6 Å². The molecule has 8 nitrogen and oxygen atoms in total. The van der Waals surface area contributed by atoms with Crippen molar-refractivity contribution >= 4 is 17.1 Å². The summed E-state index contributed by atoms with van der Waals surface area (Å²) in [6, 6.07) is 0. The van der Waals surface area contributed by atoms with Crippen molar-refractivity contribution in [2.45, 2.75) is 26.3 Å². The summed E-state index contributed by atoms with van der Waals surface area (Å²) in [4.78, 5) is 39.7. The van der Waals surface area contributed by atoms with Crippen molar-refractivity contribution in [2.24, 2.45) is 14.1 Å². The first kappa shape index (κ1) is 15.7. The van der Waals surface area contributed by atoms with Crippen molar-refractivity contribution < 1.29 is 9.90 Å². The molecular formula is C14H18N4O4. The van der Waals surface area contributed by atoms with Crippen LogP contribution in [0.2, 0.25) is 0 Å². The molecule has 0 fully saturated rings. The number of allylic oxidation sites excluding steroid dienone is 1. The summed E-state index contributed by atoms with van der Waals surface area (Å²) < 4.78 is 4.01. The van der Waals surface area contributed by atoms with Gasteiger partial charge in [0.05, 0.1) is 6.54 Å². The van der Waals surface area contributed by atoms with Crippen LogP contribution in [0.3, 0.4) is 0 Å². The van der Waals surface area contributed by atoms with Gasteiger partial charge in [-0.15, -0.1) is 0 Å². The number of carbonyl (C=O) groups is 1. The van der Waals surface area contributed by atoms with Crippen LogP contribution in [0.5, 0.6) is 0 Å². The van der Waals surface area contributed by atoms with Crippen LogP contribution >= 0.6 is 0 Å². The molecule has 8 heteroatoms. The largest absolute Gasteiger partial charge is 0.481 e. The molecule has 0 aliphatic carbocycles. The lowest BCUT2D eigenvalue weighted by Crippen LogP contribution is -2.40. The molecule has 2 aromatic rings. The molecule has 0 aliphatic rings. The number of rotatable bonds is 5. The Kier molecular flexibility index (Phi) is 4.03. The maximum Gasteiger partial charge on any atom is 0.332 e. The molecule has 0 saturated carbocycles. The van der Waals surface area contributed by atoms with E-state index in [1.54, 1.807) is 25.6 Å². The number of aromatic nitrogens is 4. The Morgan fingerprint density at radius 2 is 1.86 bits per heavy atom. The Morgan fingerprint density at radius 1 is 1.23 bits per heavy atom. The Hall–Kier alpha value is -2.64. The van der Waals surface area contributed by atoms with Crippen molar-refractivity contribution in [1.29, 1.82) is 0 Å².